The number of carbonyl (C=O) groups is 2. The van der Waals surface area contributed by atoms with Gasteiger partial charge in [0.2, 0.25) is 0 Å². The van der Waals surface area contributed by atoms with E-state index in [4.69, 9.17) is 9.84 Å². The molecule has 0 saturated carbocycles. The average molecular weight is 260 g/mol. The molecule has 0 bridgehead atoms. The molecule has 5 nitrogen and oxygen atoms in total. The van der Waals surface area contributed by atoms with E-state index in [0.29, 0.717) is 17.9 Å². The first-order valence-electron chi connectivity index (χ1n) is 5.36. The summed E-state index contributed by atoms with van der Waals surface area (Å²) in [6.07, 6.45) is 0.918. The smallest absolute Gasteiger partial charge is 0.494 e. The van der Waals surface area contributed by atoms with E-state index in [-0.39, 0.29) is 36.1 Å². The van der Waals surface area contributed by atoms with Crippen molar-refractivity contribution < 1.29 is 49.0 Å². The van der Waals surface area contributed by atoms with Gasteiger partial charge in [-0.15, -0.1) is 0 Å². The van der Waals surface area contributed by atoms with Crippen molar-refractivity contribution >= 4 is 11.9 Å². The molecule has 0 atom stereocenters. The monoisotopic (exact) mass is 260 g/mol. The molecule has 2 N–H and O–H groups in total. The second-order valence-electron chi connectivity index (χ2n) is 3.45. The van der Waals surface area contributed by atoms with E-state index in [9.17, 15) is 9.59 Å². The maximum atomic E-state index is 11.5. The van der Waals surface area contributed by atoms with Gasteiger partial charge in [0.1, 0.15) is 12.3 Å². The van der Waals surface area contributed by atoms with Crippen molar-refractivity contribution in [2.75, 3.05) is 13.2 Å². The molecule has 1 rings (SSSR count). The van der Waals surface area contributed by atoms with E-state index in [1.165, 1.54) is 0 Å². The maximum Gasteiger partial charge on any atom is 1.00 e. The summed E-state index contributed by atoms with van der Waals surface area (Å²) in [5.41, 5.74) is 0.412. The topological polar surface area (TPSA) is 75.6 Å². The number of benzene rings is 1. The zero-order chi connectivity index (χ0) is 12.7. The van der Waals surface area contributed by atoms with Gasteiger partial charge in [-0.3, -0.25) is 9.59 Å². The van der Waals surface area contributed by atoms with Crippen LogP contribution in [-0.4, -0.2) is 30.1 Å². The number of aliphatic carboxylic acids is 1. The van der Waals surface area contributed by atoms with Gasteiger partial charge in [-0.25, -0.2) is 0 Å². The molecule has 0 aromatic heterocycles. The average Bonchev–Trinajstić information content (AvgIpc) is 2.34. The molecule has 0 fully saturated rings. The van der Waals surface area contributed by atoms with E-state index in [1.54, 1.807) is 24.3 Å². The summed E-state index contributed by atoms with van der Waals surface area (Å²) < 4.78 is 5.36. The summed E-state index contributed by atoms with van der Waals surface area (Å²) in [6, 6.07) is 6.57. The molecule has 0 aliphatic heterocycles. The summed E-state index contributed by atoms with van der Waals surface area (Å²) in [6.45, 7) is 2.26. The second-order valence-corrected chi connectivity index (χ2v) is 3.45. The summed E-state index contributed by atoms with van der Waals surface area (Å²) >= 11 is 0. The summed E-state index contributed by atoms with van der Waals surface area (Å²) in [5, 5.41) is 10.7. The molecule has 1 aromatic rings. The van der Waals surface area contributed by atoms with Crippen LogP contribution in [0.2, 0.25) is 0 Å². The molecule has 0 aliphatic carbocycles. The number of carboxylic acids is 1. The molecule has 0 radical (unpaired) electrons. The third-order valence-electron chi connectivity index (χ3n) is 1.99. The van der Waals surface area contributed by atoms with Crippen LogP contribution in [0.1, 0.15) is 23.7 Å². The first-order chi connectivity index (χ1) is 8.13. The minimum atomic E-state index is -1.07. The quantitative estimate of drug-likeness (QED) is 0.597. The fourth-order valence-corrected chi connectivity index (χ4v) is 1.18. The van der Waals surface area contributed by atoms with Gasteiger partial charge in [-0.1, -0.05) is 6.92 Å². The van der Waals surface area contributed by atoms with E-state index >= 15 is 0 Å². The Bertz CT molecular complexity index is 392. The van der Waals surface area contributed by atoms with Crippen LogP contribution in [0.25, 0.3) is 0 Å². The van der Waals surface area contributed by atoms with Gasteiger partial charge in [0.15, 0.2) is 0 Å². The molecule has 92 valence electrons. The number of carboxylic acid groups (broad SMARTS) is 1. The standard InChI is InChI=1S/C12H15NO4.Na/c1-2-7-17-10-5-3-9(4-6-10)12(16)13-8-11(14)15;/h3-6H,2,7-8H2,1H3,(H,13,16)(H,14,15);/q;+1. The third kappa shape index (κ3) is 6.05. The minimum absolute atomic E-state index is 0. The molecular formula is C12H15NNaO4+. The van der Waals surface area contributed by atoms with Crippen molar-refractivity contribution in [2.24, 2.45) is 0 Å². The van der Waals surface area contributed by atoms with Crippen molar-refractivity contribution in [2.45, 2.75) is 13.3 Å². The van der Waals surface area contributed by atoms with Crippen molar-refractivity contribution in [3.63, 3.8) is 0 Å². The van der Waals surface area contributed by atoms with E-state index in [2.05, 4.69) is 5.32 Å². The van der Waals surface area contributed by atoms with Crippen LogP contribution in [0.5, 0.6) is 5.75 Å². The summed E-state index contributed by atoms with van der Waals surface area (Å²) in [4.78, 5) is 21.7. The minimum Gasteiger partial charge on any atom is -0.494 e. The third-order valence-corrected chi connectivity index (χ3v) is 1.99. The first kappa shape index (κ1) is 17.0. The van der Waals surface area contributed by atoms with Crippen LogP contribution in [-0.2, 0) is 4.79 Å². The van der Waals surface area contributed by atoms with Crippen molar-refractivity contribution in [1.29, 1.82) is 0 Å². The van der Waals surface area contributed by atoms with Gasteiger partial charge in [-0.2, -0.15) is 0 Å². The number of hydrogen-bond donors (Lipinski definition) is 2. The Hall–Kier alpha value is -1.04. The van der Waals surface area contributed by atoms with E-state index in [0.717, 1.165) is 6.42 Å². The van der Waals surface area contributed by atoms with Gasteiger partial charge in [0, 0.05) is 5.56 Å². The molecular weight excluding hydrogens is 245 g/mol. The van der Waals surface area contributed by atoms with Gasteiger partial charge in [0.05, 0.1) is 6.61 Å². The summed E-state index contributed by atoms with van der Waals surface area (Å²) in [5.74, 6) is -0.780. The van der Waals surface area contributed by atoms with Crippen LogP contribution in [0.15, 0.2) is 24.3 Å². The number of amides is 1. The number of ether oxygens (including phenoxy) is 1. The molecule has 1 aromatic carbocycles. The van der Waals surface area contributed by atoms with Crippen LogP contribution >= 0.6 is 0 Å². The molecule has 0 unspecified atom stereocenters. The Kier molecular flexibility index (Phi) is 8.45. The van der Waals surface area contributed by atoms with E-state index in [1.807, 2.05) is 6.92 Å². The molecule has 0 aliphatic rings. The Balaban J connectivity index is 0.00000289. The Morgan fingerprint density at radius 1 is 1.28 bits per heavy atom. The molecule has 0 heterocycles. The van der Waals surface area contributed by atoms with Crippen molar-refractivity contribution in [1.82, 2.24) is 5.32 Å². The molecule has 6 heteroatoms. The summed E-state index contributed by atoms with van der Waals surface area (Å²) in [7, 11) is 0. The van der Waals surface area contributed by atoms with Crippen LogP contribution in [0, 0.1) is 0 Å². The molecule has 18 heavy (non-hydrogen) atoms. The fourth-order valence-electron chi connectivity index (χ4n) is 1.18. The zero-order valence-electron chi connectivity index (χ0n) is 10.6. The van der Waals surface area contributed by atoms with E-state index < -0.39 is 11.9 Å². The van der Waals surface area contributed by atoms with Crippen LogP contribution in [0.4, 0.5) is 0 Å². The molecule has 1 amide bonds. The Labute approximate surface area is 128 Å². The number of nitrogens with one attached hydrogen (secondary N) is 1. The van der Waals surface area contributed by atoms with Gasteiger partial charge in [-0.05, 0) is 30.7 Å². The maximum absolute atomic E-state index is 11.5. The van der Waals surface area contributed by atoms with Crippen molar-refractivity contribution in [3.05, 3.63) is 29.8 Å². The first-order valence-corrected chi connectivity index (χ1v) is 5.36. The predicted molar refractivity (Wildman–Crippen MR) is 62.2 cm³/mol. The Morgan fingerprint density at radius 3 is 2.39 bits per heavy atom. The van der Waals surface area contributed by atoms with Gasteiger partial charge < -0.3 is 15.2 Å². The normalized spacial score (nSPS) is 9.17. The van der Waals surface area contributed by atoms with Crippen LogP contribution < -0.4 is 39.6 Å². The zero-order valence-corrected chi connectivity index (χ0v) is 12.6. The van der Waals surface area contributed by atoms with Gasteiger partial charge >= 0.3 is 35.5 Å². The molecule has 0 saturated heterocycles. The second kappa shape index (κ2) is 8.97. The van der Waals surface area contributed by atoms with Crippen molar-refractivity contribution in [3.8, 4) is 5.75 Å². The largest absolute Gasteiger partial charge is 1.00 e. The SMILES string of the molecule is CCCOc1ccc(C(=O)NCC(=O)O)cc1.[Na+]. The fraction of sp³-hybridized carbons (Fsp3) is 0.333. The number of carbonyl (C=O) groups excluding carboxylic acids is 1. The number of rotatable bonds is 6. The van der Waals surface area contributed by atoms with Gasteiger partial charge in [0.25, 0.3) is 5.91 Å². The predicted octanol–water partition coefficient (Wildman–Crippen LogP) is -1.71. The Morgan fingerprint density at radius 2 is 1.89 bits per heavy atom. The molecule has 0 spiro atoms. The number of hydrogen-bond acceptors (Lipinski definition) is 3. The van der Waals surface area contributed by atoms with Crippen LogP contribution in [0.3, 0.4) is 0 Å².